The van der Waals surface area contributed by atoms with E-state index in [1.807, 2.05) is 6.08 Å². The van der Waals surface area contributed by atoms with Gasteiger partial charge in [0, 0.05) is 19.6 Å². The summed E-state index contributed by atoms with van der Waals surface area (Å²) in [6, 6.07) is 0. The van der Waals surface area contributed by atoms with Crippen LogP contribution < -0.4 is 0 Å². The predicted octanol–water partition coefficient (Wildman–Crippen LogP) is 3.05. The summed E-state index contributed by atoms with van der Waals surface area (Å²) in [6.45, 7) is 16.5. The quantitative estimate of drug-likeness (QED) is 0.528. The Balaban J connectivity index is 2.20. The highest BCUT2D eigenvalue weighted by Gasteiger charge is 2.13. The van der Waals surface area contributed by atoms with Gasteiger partial charge in [-0.1, -0.05) is 51.7 Å². The lowest BCUT2D eigenvalue weighted by Crippen LogP contribution is -2.38. The first-order valence-electron chi connectivity index (χ1n) is 7.41. The van der Waals surface area contributed by atoms with Crippen LogP contribution in [-0.2, 0) is 9.47 Å². The van der Waals surface area contributed by atoms with Gasteiger partial charge in [0.15, 0.2) is 0 Å². The topological polar surface area (TPSA) is 21.7 Å². The minimum absolute atomic E-state index is 0.137. The molecule has 0 amide bonds. The molecule has 0 N–H and O–H groups in total. The highest BCUT2D eigenvalue weighted by atomic mass is 16.5. The highest BCUT2D eigenvalue weighted by Crippen LogP contribution is 2.26. The van der Waals surface area contributed by atoms with Crippen molar-refractivity contribution in [3.05, 3.63) is 36.5 Å². The van der Waals surface area contributed by atoms with Crippen LogP contribution in [0.15, 0.2) is 36.5 Å². The van der Waals surface area contributed by atoms with Gasteiger partial charge in [-0.15, -0.1) is 0 Å². The van der Waals surface area contributed by atoms with Gasteiger partial charge in [0.25, 0.3) is 0 Å². The molecule has 1 saturated heterocycles. The SMILES string of the molecule is C=C/C=C(\C=C/COCCN1CCOCC1)C(C)(C)C. The van der Waals surface area contributed by atoms with Gasteiger partial charge in [0.1, 0.15) is 0 Å². The fourth-order valence-corrected chi connectivity index (χ4v) is 2.03. The number of allylic oxidation sites excluding steroid dienone is 4. The molecule has 1 rings (SSSR count). The molecule has 1 fully saturated rings. The van der Waals surface area contributed by atoms with E-state index in [1.165, 1.54) is 5.57 Å². The van der Waals surface area contributed by atoms with Crippen LogP contribution in [0.4, 0.5) is 0 Å². The first-order chi connectivity index (χ1) is 9.54. The average molecular weight is 279 g/mol. The summed E-state index contributed by atoms with van der Waals surface area (Å²) in [5.74, 6) is 0. The van der Waals surface area contributed by atoms with Gasteiger partial charge in [0.05, 0.1) is 26.4 Å². The van der Waals surface area contributed by atoms with E-state index in [0.717, 1.165) is 39.5 Å². The molecule has 0 spiro atoms. The van der Waals surface area contributed by atoms with Crippen molar-refractivity contribution in [1.82, 2.24) is 4.90 Å². The Bertz CT molecular complexity index is 333. The van der Waals surface area contributed by atoms with Crippen LogP contribution >= 0.6 is 0 Å². The van der Waals surface area contributed by atoms with E-state index in [1.54, 1.807) is 0 Å². The average Bonchev–Trinajstić information content (AvgIpc) is 2.41. The molecule has 1 heterocycles. The summed E-state index contributed by atoms with van der Waals surface area (Å²) in [4.78, 5) is 2.38. The Morgan fingerprint density at radius 3 is 2.60 bits per heavy atom. The highest BCUT2D eigenvalue weighted by molar-refractivity contribution is 5.28. The van der Waals surface area contributed by atoms with Crippen molar-refractivity contribution in [1.29, 1.82) is 0 Å². The zero-order valence-electron chi connectivity index (χ0n) is 13.2. The molecule has 0 bridgehead atoms. The Kier molecular flexibility index (Phi) is 7.82. The lowest BCUT2D eigenvalue weighted by molar-refractivity contribution is 0.0234. The maximum atomic E-state index is 5.66. The number of ether oxygens (including phenoxy) is 2. The monoisotopic (exact) mass is 279 g/mol. The minimum Gasteiger partial charge on any atom is -0.379 e. The van der Waals surface area contributed by atoms with Gasteiger partial charge in [-0.25, -0.2) is 0 Å². The molecule has 1 aliphatic heterocycles. The molecule has 3 nitrogen and oxygen atoms in total. The second-order valence-electron chi connectivity index (χ2n) is 6.04. The van der Waals surface area contributed by atoms with Crippen molar-refractivity contribution in [3.63, 3.8) is 0 Å². The number of morpholine rings is 1. The molecule has 0 aromatic carbocycles. The van der Waals surface area contributed by atoms with Crippen LogP contribution in [0.1, 0.15) is 20.8 Å². The second-order valence-corrected chi connectivity index (χ2v) is 6.04. The van der Waals surface area contributed by atoms with E-state index in [9.17, 15) is 0 Å². The fraction of sp³-hybridized carbons (Fsp3) is 0.647. The molecule has 1 aliphatic rings. The van der Waals surface area contributed by atoms with Crippen LogP contribution in [0.3, 0.4) is 0 Å². The van der Waals surface area contributed by atoms with E-state index in [2.05, 4.69) is 50.5 Å². The molecule has 0 atom stereocenters. The Hall–Kier alpha value is -0.900. The Morgan fingerprint density at radius 1 is 1.30 bits per heavy atom. The summed E-state index contributed by atoms with van der Waals surface area (Å²) < 4.78 is 11.0. The molecule has 3 heteroatoms. The normalized spacial score (nSPS) is 18.6. The van der Waals surface area contributed by atoms with Gasteiger partial charge in [-0.05, 0) is 11.0 Å². The Morgan fingerprint density at radius 2 is 2.00 bits per heavy atom. The first-order valence-corrected chi connectivity index (χ1v) is 7.41. The first kappa shape index (κ1) is 17.2. The van der Waals surface area contributed by atoms with Crippen molar-refractivity contribution in [2.24, 2.45) is 5.41 Å². The van der Waals surface area contributed by atoms with Crippen molar-refractivity contribution >= 4 is 0 Å². The van der Waals surface area contributed by atoms with Crippen molar-refractivity contribution in [2.75, 3.05) is 46.1 Å². The molecule has 0 radical (unpaired) electrons. The van der Waals surface area contributed by atoms with E-state index in [0.29, 0.717) is 6.61 Å². The lowest BCUT2D eigenvalue weighted by Gasteiger charge is -2.26. The van der Waals surface area contributed by atoms with E-state index >= 15 is 0 Å². The van der Waals surface area contributed by atoms with E-state index in [4.69, 9.17) is 9.47 Å². The van der Waals surface area contributed by atoms with Gasteiger partial charge in [-0.2, -0.15) is 0 Å². The maximum absolute atomic E-state index is 5.66. The van der Waals surface area contributed by atoms with Gasteiger partial charge in [0.2, 0.25) is 0 Å². The third-order valence-corrected chi connectivity index (χ3v) is 3.33. The third-order valence-electron chi connectivity index (χ3n) is 3.33. The van der Waals surface area contributed by atoms with Gasteiger partial charge in [-0.3, -0.25) is 4.90 Å². The van der Waals surface area contributed by atoms with Gasteiger partial charge >= 0.3 is 0 Å². The summed E-state index contributed by atoms with van der Waals surface area (Å²) in [5.41, 5.74) is 1.41. The molecule has 0 aliphatic carbocycles. The molecule has 0 unspecified atom stereocenters. The number of hydrogen-bond donors (Lipinski definition) is 0. The molecule has 0 aromatic heterocycles. The van der Waals surface area contributed by atoms with Crippen molar-refractivity contribution in [3.8, 4) is 0 Å². The van der Waals surface area contributed by atoms with Crippen LogP contribution in [-0.4, -0.2) is 51.0 Å². The fourth-order valence-electron chi connectivity index (χ4n) is 2.03. The number of hydrogen-bond acceptors (Lipinski definition) is 3. The smallest absolute Gasteiger partial charge is 0.0651 e. The van der Waals surface area contributed by atoms with Crippen molar-refractivity contribution in [2.45, 2.75) is 20.8 Å². The van der Waals surface area contributed by atoms with Crippen LogP contribution in [0, 0.1) is 5.41 Å². The molecule has 0 saturated carbocycles. The van der Waals surface area contributed by atoms with E-state index in [-0.39, 0.29) is 5.41 Å². The minimum atomic E-state index is 0.137. The zero-order chi connectivity index (χ0) is 14.8. The predicted molar refractivity (Wildman–Crippen MR) is 85.0 cm³/mol. The Labute approximate surface area is 123 Å². The molecule has 0 aromatic rings. The van der Waals surface area contributed by atoms with Crippen LogP contribution in [0.5, 0.6) is 0 Å². The van der Waals surface area contributed by atoms with Gasteiger partial charge < -0.3 is 9.47 Å². The largest absolute Gasteiger partial charge is 0.379 e. The van der Waals surface area contributed by atoms with Crippen LogP contribution in [0.25, 0.3) is 0 Å². The standard InChI is InChI=1S/C17H29NO2/c1-5-7-16(17(2,3)4)8-6-12-19-13-9-18-10-14-20-15-11-18/h5-8H,1,9-15H2,2-4H3/b8-6-,16-7+. The molecular weight excluding hydrogens is 250 g/mol. The van der Waals surface area contributed by atoms with E-state index < -0.39 is 0 Å². The molecule has 114 valence electrons. The second kappa shape index (κ2) is 9.11. The van der Waals surface area contributed by atoms with Crippen molar-refractivity contribution < 1.29 is 9.47 Å². The summed E-state index contributed by atoms with van der Waals surface area (Å²) in [7, 11) is 0. The van der Waals surface area contributed by atoms with Crippen LogP contribution in [0.2, 0.25) is 0 Å². The number of nitrogens with zero attached hydrogens (tertiary/aromatic N) is 1. The third kappa shape index (κ3) is 7.04. The summed E-state index contributed by atoms with van der Waals surface area (Å²) in [5, 5.41) is 0. The maximum Gasteiger partial charge on any atom is 0.0651 e. The zero-order valence-corrected chi connectivity index (χ0v) is 13.2. The molecule has 20 heavy (non-hydrogen) atoms. The lowest BCUT2D eigenvalue weighted by atomic mass is 9.86. The molecular formula is C17H29NO2. The number of rotatable bonds is 7. The summed E-state index contributed by atoms with van der Waals surface area (Å²) >= 11 is 0. The summed E-state index contributed by atoms with van der Waals surface area (Å²) in [6.07, 6.45) is 8.12.